The summed E-state index contributed by atoms with van der Waals surface area (Å²) in [6, 6.07) is 20.2. The van der Waals surface area contributed by atoms with Crippen molar-refractivity contribution in [1.82, 2.24) is 30.1 Å². The number of carbonyl (C=O) groups excluding carboxylic acids is 3. The van der Waals surface area contributed by atoms with Gasteiger partial charge < -0.3 is 15.7 Å². The molecule has 0 bridgehead atoms. The van der Waals surface area contributed by atoms with Crippen molar-refractivity contribution in [3.63, 3.8) is 0 Å². The van der Waals surface area contributed by atoms with Crippen molar-refractivity contribution in [2.75, 3.05) is 26.7 Å². The smallest absolute Gasteiger partial charge is 0.270 e. The van der Waals surface area contributed by atoms with Crippen LogP contribution in [0.15, 0.2) is 66.7 Å². The highest BCUT2D eigenvalue weighted by Crippen LogP contribution is 2.17. The topological polar surface area (TPSA) is 145 Å². The minimum absolute atomic E-state index is 0.0966. The fraction of sp³-hybridized carbons (Fsp3) is 0.455. The second-order valence-electron chi connectivity index (χ2n) is 12.0. The van der Waals surface area contributed by atoms with Gasteiger partial charge in [-0.2, -0.15) is 0 Å². The molecule has 0 aliphatic carbocycles. The number of pyridine rings is 1. The van der Waals surface area contributed by atoms with Crippen molar-refractivity contribution in [2.24, 2.45) is 5.92 Å². The van der Waals surface area contributed by atoms with Gasteiger partial charge in [0.05, 0.1) is 31.3 Å². The van der Waals surface area contributed by atoms with E-state index in [1.165, 1.54) is 26.2 Å². The second kappa shape index (κ2) is 19.1. The zero-order valence-corrected chi connectivity index (χ0v) is 28.1. The summed E-state index contributed by atoms with van der Waals surface area (Å²) in [6.45, 7) is 12.8. The number of aliphatic hydroxyl groups excluding tert-OH is 1. The number of hydrogen-bond acceptors (Lipinski definition) is 9. The Morgan fingerprint density at radius 1 is 0.978 bits per heavy atom. The van der Waals surface area contributed by atoms with Gasteiger partial charge in [0.2, 0.25) is 11.8 Å². The third kappa shape index (κ3) is 15.3. The van der Waals surface area contributed by atoms with Crippen LogP contribution in [0.25, 0.3) is 10.9 Å². The number of hydroxylamine groups is 1. The monoisotopic (exact) mass is 640 g/mol. The summed E-state index contributed by atoms with van der Waals surface area (Å²) < 4.78 is 5.51. The summed E-state index contributed by atoms with van der Waals surface area (Å²) in [5.41, 5.74) is 3.93. The molecular formula is C33H48N6O5S. The van der Waals surface area contributed by atoms with Crippen LogP contribution in [-0.2, 0) is 20.8 Å². The molecule has 2 atom stereocenters. The van der Waals surface area contributed by atoms with Crippen LogP contribution in [0.4, 0.5) is 0 Å². The molecule has 2 unspecified atom stereocenters. The SMILES string of the molecule is CC(C)CN(CC(O)C(Cc1ccccc1)NC(=O)CNC(=O)c1ccc2ccccc2n1)SNC(C)(C)C.CONC(C)=O. The van der Waals surface area contributed by atoms with Crippen LogP contribution in [0.3, 0.4) is 0 Å². The van der Waals surface area contributed by atoms with Crippen LogP contribution in [0.1, 0.15) is 57.6 Å². The quantitative estimate of drug-likeness (QED) is 0.132. The number of nitrogens with one attached hydrogen (secondary N) is 4. The van der Waals surface area contributed by atoms with Gasteiger partial charge in [-0.05, 0) is 50.8 Å². The van der Waals surface area contributed by atoms with Gasteiger partial charge in [-0.3, -0.25) is 19.2 Å². The van der Waals surface area contributed by atoms with E-state index in [0.717, 1.165) is 17.5 Å². The lowest BCUT2D eigenvalue weighted by atomic mass is 10.0. The Balaban J connectivity index is 0.00000107. The van der Waals surface area contributed by atoms with E-state index in [1.54, 1.807) is 6.07 Å². The van der Waals surface area contributed by atoms with E-state index in [-0.39, 0.29) is 29.6 Å². The number of para-hydroxylation sites is 1. The first-order valence-electron chi connectivity index (χ1n) is 14.9. The summed E-state index contributed by atoms with van der Waals surface area (Å²) in [7, 11) is 1.39. The maximum atomic E-state index is 12.9. The molecule has 1 aromatic heterocycles. The Hall–Kier alpha value is -3.55. The second-order valence-corrected chi connectivity index (χ2v) is 13.0. The van der Waals surface area contributed by atoms with Crippen molar-refractivity contribution in [3.05, 3.63) is 78.0 Å². The minimum Gasteiger partial charge on any atom is -0.390 e. The molecule has 3 amide bonds. The van der Waals surface area contributed by atoms with Crippen LogP contribution in [0.2, 0.25) is 0 Å². The number of carbonyl (C=O) groups is 3. The summed E-state index contributed by atoms with van der Waals surface area (Å²) in [6.07, 6.45) is -0.374. The zero-order chi connectivity index (χ0) is 33.4. The first-order chi connectivity index (χ1) is 21.3. The van der Waals surface area contributed by atoms with Crippen molar-refractivity contribution in [2.45, 2.75) is 65.6 Å². The Morgan fingerprint density at radius 3 is 2.24 bits per heavy atom. The van der Waals surface area contributed by atoms with Crippen molar-refractivity contribution >= 4 is 40.8 Å². The van der Waals surface area contributed by atoms with E-state index in [9.17, 15) is 19.5 Å². The lowest BCUT2D eigenvalue weighted by Crippen LogP contribution is -2.51. The first kappa shape index (κ1) is 37.6. The number of benzene rings is 2. The van der Waals surface area contributed by atoms with Gasteiger partial charge in [0, 0.05) is 43.1 Å². The Bertz CT molecular complexity index is 1350. The van der Waals surface area contributed by atoms with Gasteiger partial charge in [0.1, 0.15) is 5.69 Å². The highest BCUT2D eigenvalue weighted by atomic mass is 32.2. The molecule has 11 nitrogen and oxygen atoms in total. The Morgan fingerprint density at radius 2 is 1.64 bits per heavy atom. The maximum Gasteiger partial charge on any atom is 0.270 e. The predicted molar refractivity (Wildman–Crippen MR) is 180 cm³/mol. The van der Waals surface area contributed by atoms with Gasteiger partial charge >= 0.3 is 0 Å². The van der Waals surface area contributed by atoms with E-state index >= 15 is 0 Å². The van der Waals surface area contributed by atoms with Crippen LogP contribution in [0, 0.1) is 5.92 Å². The normalized spacial score (nSPS) is 12.7. The van der Waals surface area contributed by atoms with E-state index in [2.05, 4.69) is 69.6 Å². The molecular weight excluding hydrogens is 592 g/mol. The third-order valence-electron chi connectivity index (χ3n) is 6.04. The lowest BCUT2D eigenvalue weighted by Gasteiger charge is -2.32. The number of amides is 3. The molecule has 12 heteroatoms. The molecule has 3 aromatic rings. The Kier molecular flexibility index (Phi) is 16.0. The largest absolute Gasteiger partial charge is 0.390 e. The highest BCUT2D eigenvalue weighted by molar-refractivity contribution is 7.95. The molecule has 246 valence electrons. The molecule has 0 saturated carbocycles. The molecule has 0 aliphatic heterocycles. The van der Waals surface area contributed by atoms with Crippen LogP contribution in [0.5, 0.6) is 0 Å². The average molecular weight is 641 g/mol. The molecule has 1 heterocycles. The zero-order valence-electron chi connectivity index (χ0n) is 27.3. The molecule has 5 N–H and O–H groups in total. The maximum absolute atomic E-state index is 12.9. The number of rotatable bonds is 14. The standard InChI is InChI=1S/C30H41N5O3S.C3H7NO2/c1-21(2)19-35(39-34-30(3,4)5)20-27(36)26(17-22-11-7-6-8-12-22)33-28(37)18-31-29(38)25-16-15-23-13-9-10-14-24(23)32-25;1-3(5)4-6-2/h6-16,21,26-27,34,36H,17-20H2,1-5H3,(H,31,38)(H,33,37);1-2H3,(H,4,5). The van der Waals surface area contributed by atoms with E-state index in [1.807, 2.05) is 60.7 Å². The molecule has 2 aromatic carbocycles. The molecule has 0 fully saturated rings. The number of nitrogens with zero attached hydrogens (tertiary/aromatic N) is 2. The number of aromatic nitrogens is 1. The van der Waals surface area contributed by atoms with E-state index < -0.39 is 18.1 Å². The third-order valence-corrected chi connectivity index (χ3v) is 7.30. The van der Waals surface area contributed by atoms with E-state index in [0.29, 0.717) is 24.4 Å². The summed E-state index contributed by atoms with van der Waals surface area (Å²) in [4.78, 5) is 44.0. The van der Waals surface area contributed by atoms with Gasteiger partial charge in [0.15, 0.2) is 0 Å². The summed E-state index contributed by atoms with van der Waals surface area (Å²) >= 11 is 1.49. The lowest BCUT2D eigenvalue weighted by molar-refractivity contribution is -0.129. The fourth-order valence-electron chi connectivity index (χ4n) is 4.09. The van der Waals surface area contributed by atoms with E-state index in [4.69, 9.17) is 0 Å². The first-order valence-corrected chi connectivity index (χ1v) is 15.7. The number of hydrogen-bond donors (Lipinski definition) is 5. The molecule has 0 aliphatic rings. The van der Waals surface area contributed by atoms with Gasteiger partial charge in [0.25, 0.3) is 5.91 Å². The van der Waals surface area contributed by atoms with Crippen molar-refractivity contribution < 1.29 is 24.3 Å². The van der Waals surface area contributed by atoms with Crippen LogP contribution < -0.4 is 20.8 Å². The van der Waals surface area contributed by atoms with Gasteiger partial charge in [-0.25, -0.2) is 19.5 Å². The molecule has 0 spiro atoms. The molecule has 0 radical (unpaired) electrons. The molecule has 3 rings (SSSR count). The summed E-state index contributed by atoms with van der Waals surface area (Å²) in [5.74, 6) is -0.589. The summed E-state index contributed by atoms with van der Waals surface area (Å²) in [5, 5.41) is 17.8. The molecule has 45 heavy (non-hydrogen) atoms. The average Bonchev–Trinajstić information content (AvgIpc) is 2.98. The number of aliphatic hydroxyl groups is 1. The fourth-order valence-corrected chi connectivity index (χ4v) is 5.09. The highest BCUT2D eigenvalue weighted by Gasteiger charge is 2.26. The van der Waals surface area contributed by atoms with Crippen LogP contribution in [-0.4, -0.2) is 76.5 Å². The predicted octanol–water partition coefficient (Wildman–Crippen LogP) is 3.65. The minimum atomic E-state index is -0.833. The molecule has 0 saturated heterocycles. The number of fused-ring (bicyclic) bond motifs is 1. The van der Waals surface area contributed by atoms with Crippen LogP contribution >= 0.6 is 12.1 Å². The Labute approximate surface area is 271 Å². The van der Waals surface area contributed by atoms with Gasteiger partial charge in [-0.1, -0.05) is 68.4 Å². The van der Waals surface area contributed by atoms with Crippen molar-refractivity contribution in [1.29, 1.82) is 0 Å². The van der Waals surface area contributed by atoms with Crippen molar-refractivity contribution in [3.8, 4) is 0 Å². The van der Waals surface area contributed by atoms with Gasteiger partial charge in [-0.15, -0.1) is 0 Å².